The summed E-state index contributed by atoms with van der Waals surface area (Å²) < 4.78 is 5.81. The number of rotatable bonds is 27. The molecule has 0 aromatic rings. The lowest BCUT2D eigenvalue weighted by Gasteiger charge is -2.14. The van der Waals surface area contributed by atoms with Gasteiger partial charge in [0.15, 0.2) is 0 Å². The largest absolute Gasteiger partial charge is 0.481 e. The molecular formula is C33H58O4. The van der Waals surface area contributed by atoms with Crippen LogP contribution in [0, 0.1) is 0 Å². The van der Waals surface area contributed by atoms with E-state index in [-0.39, 0.29) is 18.5 Å². The van der Waals surface area contributed by atoms with E-state index in [1.54, 1.807) is 0 Å². The molecule has 0 aliphatic heterocycles. The monoisotopic (exact) mass is 518 g/mol. The average Bonchev–Trinajstić information content (AvgIpc) is 2.87. The Labute approximate surface area is 229 Å². The summed E-state index contributed by atoms with van der Waals surface area (Å²) in [6.45, 7) is 4.46. The Morgan fingerprint density at radius 1 is 0.622 bits per heavy atom. The minimum Gasteiger partial charge on any atom is -0.481 e. The molecule has 0 heterocycles. The number of ether oxygens (including phenoxy) is 1. The van der Waals surface area contributed by atoms with E-state index in [0.29, 0.717) is 12.8 Å². The molecule has 0 fully saturated rings. The number of aliphatic carboxylic acids is 1. The third kappa shape index (κ3) is 28.6. The normalized spacial score (nSPS) is 12.7. The topological polar surface area (TPSA) is 63.6 Å². The maximum absolute atomic E-state index is 12.4. The highest BCUT2D eigenvalue weighted by Gasteiger charge is 2.11. The SMILES string of the molecule is CCCC/C=C\CCCCCCCC(=O)OC(/C=C\C/C=C\CCCCCC)CCCCCCC(=O)O. The van der Waals surface area contributed by atoms with Gasteiger partial charge in [-0.15, -0.1) is 0 Å². The van der Waals surface area contributed by atoms with Crippen molar-refractivity contribution in [2.75, 3.05) is 0 Å². The lowest BCUT2D eigenvalue weighted by atomic mass is 10.1. The molecule has 1 unspecified atom stereocenters. The number of carbonyl (C=O) groups excluding carboxylic acids is 1. The molecule has 0 saturated heterocycles. The van der Waals surface area contributed by atoms with E-state index >= 15 is 0 Å². The predicted octanol–water partition coefficient (Wildman–Crippen LogP) is 10.3. The van der Waals surface area contributed by atoms with Crippen molar-refractivity contribution in [3.05, 3.63) is 36.5 Å². The lowest BCUT2D eigenvalue weighted by molar-refractivity contribution is -0.147. The summed E-state index contributed by atoms with van der Waals surface area (Å²) in [4.78, 5) is 23.1. The Morgan fingerprint density at radius 2 is 1.16 bits per heavy atom. The second-order valence-electron chi connectivity index (χ2n) is 10.3. The van der Waals surface area contributed by atoms with Gasteiger partial charge in [-0.1, -0.05) is 108 Å². The maximum Gasteiger partial charge on any atom is 0.306 e. The Morgan fingerprint density at radius 3 is 1.84 bits per heavy atom. The molecule has 4 nitrogen and oxygen atoms in total. The second kappa shape index (κ2) is 28.7. The van der Waals surface area contributed by atoms with Crippen molar-refractivity contribution in [2.45, 2.75) is 161 Å². The summed E-state index contributed by atoms with van der Waals surface area (Å²) in [6.07, 6.45) is 35.8. The lowest BCUT2D eigenvalue weighted by Crippen LogP contribution is -2.16. The minimum absolute atomic E-state index is 0.0918. The molecule has 4 heteroatoms. The van der Waals surface area contributed by atoms with E-state index in [1.165, 1.54) is 70.6 Å². The number of carboxylic acids is 1. The maximum atomic E-state index is 12.4. The molecule has 0 aromatic carbocycles. The van der Waals surface area contributed by atoms with Gasteiger partial charge in [0.05, 0.1) is 0 Å². The van der Waals surface area contributed by atoms with Gasteiger partial charge in [0.2, 0.25) is 0 Å². The van der Waals surface area contributed by atoms with E-state index in [9.17, 15) is 9.59 Å². The van der Waals surface area contributed by atoms with E-state index in [1.807, 2.05) is 6.08 Å². The van der Waals surface area contributed by atoms with Gasteiger partial charge in [-0.25, -0.2) is 0 Å². The number of carbonyl (C=O) groups is 2. The first-order valence-electron chi connectivity index (χ1n) is 15.5. The minimum atomic E-state index is -0.729. The van der Waals surface area contributed by atoms with Crippen molar-refractivity contribution >= 4 is 11.9 Å². The number of hydrogen-bond donors (Lipinski definition) is 1. The summed E-state index contributed by atoms with van der Waals surface area (Å²) in [5.41, 5.74) is 0. The molecule has 1 atom stereocenters. The number of carboxylic acid groups (broad SMARTS) is 1. The molecule has 0 saturated carbocycles. The summed E-state index contributed by atoms with van der Waals surface area (Å²) >= 11 is 0. The van der Waals surface area contributed by atoms with Crippen molar-refractivity contribution in [1.82, 2.24) is 0 Å². The van der Waals surface area contributed by atoms with Crippen LogP contribution >= 0.6 is 0 Å². The van der Waals surface area contributed by atoms with Crippen LogP contribution in [0.5, 0.6) is 0 Å². The second-order valence-corrected chi connectivity index (χ2v) is 10.3. The highest BCUT2D eigenvalue weighted by molar-refractivity contribution is 5.69. The van der Waals surface area contributed by atoms with Crippen LogP contribution in [0.2, 0.25) is 0 Å². The van der Waals surface area contributed by atoms with E-state index in [0.717, 1.165) is 51.4 Å². The van der Waals surface area contributed by atoms with Crippen LogP contribution in [0.1, 0.15) is 155 Å². The average molecular weight is 519 g/mol. The molecule has 37 heavy (non-hydrogen) atoms. The van der Waals surface area contributed by atoms with E-state index < -0.39 is 5.97 Å². The molecular weight excluding hydrogens is 460 g/mol. The van der Waals surface area contributed by atoms with Crippen LogP contribution in [0.25, 0.3) is 0 Å². The third-order valence-corrected chi connectivity index (χ3v) is 6.57. The fourth-order valence-corrected chi connectivity index (χ4v) is 4.23. The van der Waals surface area contributed by atoms with Crippen LogP contribution < -0.4 is 0 Å². The van der Waals surface area contributed by atoms with Gasteiger partial charge in [-0.2, -0.15) is 0 Å². The Bertz CT molecular complexity index is 605. The summed E-state index contributed by atoms with van der Waals surface area (Å²) in [6, 6.07) is 0. The summed E-state index contributed by atoms with van der Waals surface area (Å²) in [5.74, 6) is -0.821. The smallest absolute Gasteiger partial charge is 0.306 e. The Hall–Kier alpha value is -1.84. The highest BCUT2D eigenvalue weighted by atomic mass is 16.5. The molecule has 0 radical (unpaired) electrons. The molecule has 0 bridgehead atoms. The van der Waals surface area contributed by atoms with E-state index in [4.69, 9.17) is 9.84 Å². The van der Waals surface area contributed by atoms with Crippen molar-refractivity contribution in [1.29, 1.82) is 0 Å². The standard InChI is InChI=1S/C33H58O4/c1-3-5-7-9-11-13-14-16-18-20-26-30-33(36)37-31(28-24-21-22-25-29-32(34)35)27-23-19-17-15-12-10-8-6-4-2/h9,11,15,17,23,27,31H,3-8,10,12-14,16,18-22,24-26,28-30H2,1-2H3,(H,34,35)/b11-9-,17-15-,27-23-. The van der Waals surface area contributed by atoms with Gasteiger partial charge in [0.25, 0.3) is 0 Å². The van der Waals surface area contributed by atoms with Crippen molar-refractivity contribution < 1.29 is 19.4 Å². The first kappa shape index (κ1) is 35.2. The van der Waals surface area contributed by atoms with Crippen molar-refractivity contribution in [3.63, 3.8) is 0 Å². The van der Waals surface area contributed by atoms with Crippen LogP contribution in [-0.4, -0.2) is 23.1 Å². The molecule has 0 rings (SSSR count). The van der Waals surface area contributed by atoms with Gasteiger partial charge in [0.1, 0.15) is 6.10 Å². The Kier molecular flexibility index (Phi) is 27.3. The van der Waals surface area contributed by atoms with Crippen molar-refractivity contribution in [2.24, 2.45) is 0 Å². The van der Waals surface area contributed by atoms with Gasteiger partial charge in [-0.05, 0) is 70.3 Å². The number of allylic oxidation sites excluding steroid dienone is 5. The van der Waals surface area contributed by atoms with Crippen LogP contribution in [0.4, 0.5) is 0 Å². The Balaban J connectivity index is 4.20. The fraction of sp³-hybridized carbons (Fsp3) is 0.758. The molecule has 214 valence electrons. The first-order chi connectivity index (χ1) is 18.1. The fourth-order valence-electron chi connectivity index (χ4n) is 4.23. The zero-order chi connectivity index (χ0) is 27.2. The van der Waals surface area contributed by atoms with Crippen molar-refractivity contribution in [3.8, 4) is 0 Å². The first-order valence-corrected chi connectivity index (χ1v) is 15.5. The number of hydrogen-bond acceptors (Lipinski definition) is 3. The molecule has 1 N–H and O–H groups in total. The van der Waals surface area contributed by atoms with Gasteiger partial charge >= 0.3 is 11.9 Å². The number of esters is 1. The van der Waals surface area contributed by atoms with Crippen LogP contribution in [-0.2, 0) is 14.3 Å². The van der Waals surface area contributed by atoms with Gasteiger partial charge in [0, 0.05) is 12.8 Å². The van der Waals surface area contributed by atoms with Crippen LogP contribution in [0.15, 0.2) is 36.5 Å². The highest BCUT2D eigenvalue weighted by Crippen LogP contribution is 2.14. The molecule has 0 spiro atoms. The summed E-state index contributed by atoms with van der Waals surface area (Å²) in [5, 5.41) is 8.77. The van der Waals surface area contributed by atoms with Gasteiger partial charge in [-0.3, -0.25) is 9.59 Å². The zero-order valence-corrected chi connectivity index (χ0v) is 24.3. The predicted molar refractivity (Wildman–Crippen MR) is 158 cm³/mol. The quantitative estimate of drug-likeness (QED) is 0.0667. The van der Waals surface area contributed by atoms with E-state index in [2.05, 4.69) is 44.2 Å². The number of unbranched alkanes of at least 4 members (excludes halogenated alkanes) is 14. The molecule has 0 aliphatic carbocycles. The third-order valence-electron chi connectivity index (χ3n) is 6.57. The summed E-state index contributed by atoms with van der Waals surface area (Å²) in [7, 11) is 0. The molecule has 0 amide bonds. The molecule has 0 aromatic heterocycles. The zero-order valence-electron chi connectivity index (χ0n) is 24.3. The van der Waals surface area contributed by atoms with Crippen LogP contribution in [0.3, 0.4) is 0 Å². The van der Waals surface area contributed by atoms with Gasteiger partial charge < -0.3 is 9.84 Å². The molecule has 0 aliphatic rings.